The van der Waals surface area contributed by atoms with Gasteiger partial charge in [0, 0.05) is 17.8 Å². The van der Waals surface area contributed by atoms with Crippen LogP contribution >= 0.6 is 11.6 Å². The van der Waals surface area contributed by atoms with Crippen LogP contribution in [0.1, 0.15) is 21.1 Å². The summed E-state index contributed by atoms with van der Waals surface area (Å²) in [5.41, 5.74) is 2.70. The van der Waals surface area contributed by atoms with Gasteiger partial charge >= 0.3 is 17.5 Å². The molecule has 5 nitrogen and oxygen atoms in total. The second kappa shape index (κ2) is 5.86. The SMILES string of the molecule is O=C1C(c2ccccc2)C(=O)[n+]2cccc3cc(-c4ccc(Cl)nc4)n1c32. The second-order valence-corrected chi connectivity index (χ2v) is 6.80. The average molecular weight is 375 g/mol. The van der Waals surface area contributed by atoms with Gasteiger partial charge in [0.05, 0.1) is 11.6 Å². The molecule has 0 saturated heterocycles. The van der Waals surface area contributed by atoms with Crippen molar-refractivity contribution in [3.8, 4) is 11.3 Å². The predicted octanol–water partition coefficient (Wildman–Crippen LogP) is 3.72. The molecule has 1 aliphatic heterocycles. The molecule has 4 aromatic rings. The molecule has 1 unspecified atom stereocenters. The standard InChI is InChI=1S/C21H13ClN3O2/c22-17-9-8-15(12-23-17)16-11-14-7-4-10-24-19(14)25(16)21(27)18(20(24)26)13-5-2-1-3-6-13/h1-12,18H/q+1. The van der Waals surface area contributed by atoms with Crippen LogP contribution in [-0.4, -0.2) is 21.4 Å². The van der Waals surface area contributed by atoms with Crippen LogP contribution in [0.25, 0.3) is 22.3 Å². The van der Waals surface area contributed by atoms with E-state index in [-0.39, 0.29) is 11.8 Å². The first-order valence-electron chi connectivity index (χ1n) is 8.46. The van der Waals surface area contributed by atoms with Crippen molar-refractivity contribution in [2.45, 2.75) is 5.92 Å². The largest absolute Gasteiger partial charge is 0.334 e. The Hall–Kier alpha value is -3.31. The van der Waals surface area contributed by atoms with Crippen LogP contribution in [-0.2, 0) is 0 Å². The van der Waals surface area contributed by atoms with E-state index in [1.165, 1.54) is 0 Å². The fraction of sp³-hybridized carbons (Fsp3) is 0.0476. The summed E-state index contributed by atoms with van der Waals surface area (Å²) in [7, 11) is 0. The van der Waals surface area contributed by atoms with E-state index >= 15 is 0 Å². The lowest BCUT2D eigenvalue weighted by molar-refractivity contribution is -0.551. The lowest BCUT2D eigenvalue weighted by Gasteiger charge is -2.17. The molecule has 5 rings (SSSR count). The van der Waals surface area contributed by atoms with Crippen LogP contribution in [0.15, 0.2) is 73.1 Å². The number of hydrogen-bond acceptors (Lipinski definition) is 3. The summed E-state index contributed by atoms with van der Waals surface area (Å²) in [5, 5.41) is 1.20. The van der Waals surface area contributed by atoms with Gasteiger partial charge in [0.15, 0.2) is 5.92 Å². The number of rotatable bonds is 2. The number of nitrogens with zero attached hydrogens (tertiary/aromatic N) is 3. The minimum atomic E-state index is -0.888. The van der Waals surface area contributed by atoms with Crippen molar-refractivity contribution in [3.05, 3.63) is 83.8 Å². The molecule has 0 fully saturated rings. The minimum Gasteiger partial charge on any atom is -0.245 e. The van der Waals surface area contributed by atoms with Crippen molar-refractivity contribution in [3.63, 3.8) is 0 Å². The number of hydrogen-bond donors (Lipinski definition) is 0. The predicted molar refractivity (Wildman–Crippen MR) is 101 cm³/mol. The van der Waals surface area contributed by atoms with Gasteiger partial charge in [-0.15, -0.1) is 0 Å². The monoisotopic (exact) mass is 374 g/mol. The summed E-state index contributed by atoms with van der Waals surface area (Å²) in [5.74, 6) is -1.40. The topological polar surface area (TPSA) is 55.8 Å². The van der Waals surface area contributed by atoms with Crippen molar-refractivity contribution in [2.75, 3.05) is 0 Å². The summed E-state index contributed by atoms with van der Waals surface area (Å²) in [6.07, 6.45) is 3.33. The molecule has 3 aromatic heterocycles. The van der Waals surface area contributed by atoms with Gasteiger partial charge in [0.1, 0.15) is 10.8 Å². The average Bonchev–Trinajstić information content (AvgIpc) is 3.08. The molecule has 1 atom stereocenters. The van der Waals surface area contributed by atoms with Gasteiger partial charge in [-0.1, -0.05) is 41.9 Å². The van der Waals surface area contributed by atoms with E-state index < -0.39 is 5.92 Å². The molecule has 0 bridgehead atoms. The highest BCUT2D eigenvalue weighted by Crippen LogP contribution is 2.32. The number of aromatic nitrogens is 3. The number of carbonyl (C=O) groups is 2. The van der Waals surface area contributed by atoms with Crippen molar-refractivity contribution >= 4 is 34.4 Å². The van der Waals surface area contributed by atoms with E-state index in [0.29, 0.717) is 22.1 Å². The molecular formula is C21H13ClN3O2+. The van der Waals surface area contributed by atoms with Crippen LogP contribution in [0.3, 0.4) is 0 Å². The fourth-order valence-corrected chi connectivity index (χ4v) is 3.75. The van der Waals surface area contributed by atoms with E-state index in [4.69, 9.17) is 11.6 Å². The molecule has 0 spiro atoms. The summed E-state index contributed by atoms with van der Waals surface area (Å²) in [6, 6.07) is 18.2. The van der Waals surface area contributed by atoms with Crippen molar-refractivity contribution in [2.24, 2.45) is 0 Å². The third kappa shape index (κ3) is 2.32. The zero-order valence-corrected chi connectivity index (χ0v) is 14.8. The second-order valence-electron chi connectivity index (χ2n) is 6.41. The van der Waals surface area contributed by atoms with Crippen molar-refractivity contribution in [1.29, 1.82) is 0 Å². The summed E-state index contributed by atoms with van der Waals surface area (Å²) < 4.78 is 3.17. The van der Waals surface area contributed by atoms with Crippen LogP contribution in [0, 0.1) is 0 Å². The van der Waals surface area contributed by atoms with Gasteiger partial charge < -0.3 is 0 Å². The first-order valence-corrected chi connectivity index (χ1v) is 8.84. The molecule has 130 valence electrons. The van der Waals surface area contributed by atoms with Gasteiger partial charge in [0.25, 0.3) is 0 Å². The Balaban J connectivity index is 1.80. The highest BCUT2D eigenvalue weighted by Gasteiger charge is 2.45. The minimum absolute atomic E-state index is 0.247. The number of carbonyl (C=O) groups excluding carboxylic acids is 2. The summed E-state index contributed by atoms with van der Waals surface area (Å²) in [4.78, 5) is 30.6. The molecule has 0 amide bonds. The fourth-order valence-electron chi connectivity index (χ4n) is 3.64. The molecule has 0 N–H and O–H groups in total. The normalized spacial score (nSPS) is 16.1. The highest BCUT2D eigenvalue weighted by atomic mass is 35.5. The number of pyridine rings is 2. The first kappa shape index (κ1) is 15.9. The molecule has 0 radical (unpaired) electrons. The van der Waals surface area contributed by atoms with E-state index in [9.17, 15) is 9.59 Å². The zero-order chi connectivity index (χ0) is 18.5. The van der Waals surface area contributed by atoms with Gasteiger partial charge in [-0.25, -0.2) is 14.6 Å². The zero-order valence-electron chi connectivity index (χ0n) is 14.0. The third-order valence-electron chi connectivity index (χ3n) is 4.85. The van der Waals surface area contributed by atoms with Gasteiger partial charge in [-0.05, 0) is 29.8 Å². The molecule has 1 aromatic carbocycles. The van der Waals surface area contributed by atoms with Crippen molar-refractivity contribution in [1.82, 2.24) is 9.55 Å². The Morgan fingerprint density at radius 3 is 2.56 bits per heavy atom. The molecule has 1 aliphatic rings. The van der Waals surface area contributed by atoms with Gasteiger partial charge in [-0.3, -0.25) is 0 Å². The highest BCUT2D eigenvalue weighted by molar-refractivity contribution is 6.29. The Morgan fingerprint density at radius 1 is 1.00 bits per heavy atom. The Kier molecular flexibility index (Phi) is 3.45. The van der Waals surface area contributed by atoms with Crippen LogP contribution in [0.4, 0.5) is 0 Å². The quantitative estimate of drug-likeness (QED) is 0.305. The maximum absolute atomic E-state index is 13.4. The van der Waals surface area contributed by atoms with Crippen LogP contribution < -0.4 is 4.57 Å². The Labute approximate surface area is 159 Å². The van der Waals surface area contributed by atoms with Crippen LogP contribution in [0.5, 0.6) is 0 Å². The molecule has 0 aliphatic carbocycles. The maximum Gasteiger partial charge on any atom is 0.334 e. The lowest BCUT2D eigenvalue weighted by atomic mass is 9.95. The molecule has 6 heteroatoms. The molecule has 4 heterocycles. The van der Waals surface area contributed by atoms with E-state index in [0.717, 1.165) is 10.9 Å². The van der Waals surface area contributed by atoms with E-state index in [2.05, 4.69) is 4.98 Å². The molecule has 0 saturated carbocycles. The van der Waals surface area contributed by atoms with Crippen LogP contribution in [0.2, 0.25) is 5.15 Å². The Bertz CT molecular complexity index is 1210. The van der Waals surface area contributed by atoms with E-state index in [1.807, 2.05) is 42.5 Å². The summed E-state index contributed by atoms with van der Waals surface area (Å²) in [6.45, 7) is 0. The van der Waals surface area contributed by atoms with E-state index in [1.54, 1.807) is 39.7 Å². The smallest absolute Gasteiger partial charge is 0.245 e. The van der Waals surface area contributed by atoms with Gasteiger partial charge in [-0.2, -0.15) is 9.13 Å². The third-order valence-corrected chi connectivity index (χ3v) is 5.07. The lowest BCUT2D eigenvalue weighted by Crippen LogP contribution is -2.54. The summed E-state index contributed by atoms with van der Waals surface area (Å²) >= 11 is 5.91. The van der Waals surface area contributed by atoms with Gasteiger partial charge in [0.2, 0.25) is 0 Å². The maximum atomic E-state index is 13.4. The first-order chi connectivity index (χ1) is 13.1. The number of benzene rings is 1. The Morgan fingerprint density at radius 2 is 1.81 bits per heavy atom. The molecule has 27 heavy (non-hydrogen) atoms. The molecular weight excluding hydrogens is 362 g/mol. The number of halogens is 1. The van der Waals surface area contributed by atoms with Crippen molar-refractivity contribution < 1.29 is 14.2 Å².